The fourth-order valence-electron chi connectivity index (χ4n) is 7.07. The van der Waals surface area contributed by atoms with Crippen LogP contribution in [0.5, 0.6) is 0 Å². The highest BCUT2D eigenvalue weighted by molar-refractivity contribution is 5.90. The molecule has 6 nitrogen and oxygen atoms in total. The summed E-state index contributed by atoms with van der Waals surface area (Å²) >= 11 is 0. The van der Waals surface area contributed by atoms with Gasteiger partial charge in [0.2, 0.25) is 0 Å². The molecule has 3 aliphatic rings. The zero-order chi connectivity index (χ0) is 30.0. The van der Waals surface area contributed by atoms with Crippen LogP contribution in [0.4, 0.5) is 0 Å². The number of carbonyl (C=O) groups excluding carboxylic acids is 1. The maximum absolute atomic E-state index is 11.6. The van der Waals surface area contributed by atoms with Crippen LogP contribution >= 0.6 is 0 Å². The first-order valence-corrected chi connectivity index (χ1v) is 18.1. The Labute approximate surface area is 257 Å². The molecule has 0 aliphatic carbocycles. The van der Waals surface area contributed by atoms with Crippen LogP contribution in [0.3, 0.4) is 0 Å². The van der Waals surface area contributed by atoms with Gasteiger partial charge < -0.3 is 24.4 Å². The normalized spacial score (nSPS) is 27.4. The molecule has 3 heterocycles. The summed E-state index contributed by atoms with van der Waals surface area (Å²) in [6.45, 7) is 4.17. The number of cyclic esters (lactones) is 1. The van der Waals surface area contributed by atoms with Gasteiger partial charge in [-0.1, -0.05) is 110 Å². The van der Waals surface area contributed by atoms with E-state index in [4.69, 9.17) is 14.2 Å². The summed E-state index contributed by atoms with van der Waals surface area (Å²) in [6, 6.07) is 0. The molecule has 0 spiro atoms. The number of esters is 1. The molecular weight excluding hydrogens is 528 g/mol. The highest BCUT2D eigenvalue weighted by Gasteiger charge is 2.40. The molecule has 0 radical (unpaired) electrons. The van der Waals surface area contributed by atoms with Crippen molar-refractivity contribution in [2.45, 2.75) is 211 Å². The number of hydrogen-bond acceptors (Lipinski definition) is 6. The monoisotopic (exact) mass is 592 g/mol. The van der Waals surface area contributed by atoms with E-state index in [1.54, 1.807) is 0 Å². The Hall–Kier alpha value is -0.950. The minimum atomic E-state index is -0.380. The summed E-state index contributed by atoms with van der Waals surface area (Å²) in [5.74, 6) is -0.122. The van der Waals surface area contributed by atoms with Gasteiger partial charge in [0.1, 0.15) is 6.10 Å². The Balaban J connectivity index is 1.13. The van der Waals surface area contributed by atoms with E-state index >= 15 is 0 Å². The Morgan fingerprint density at radius 3 is 1.52 bits per heavy atom. The van der Waals surface area contributed by atoms with E-state index in [-0.39, 0.29) is 48.7 Å². The lowest BCUT2D eigenvalue weighted by molar-refractivity contribution is -0.139. The molecule has 7 atom stereocenters. The van der Waals surface area contributed by atoms with E-state index < -0.39 is 0 Å². The fourth-order valence-corrected chi connectivity index (χ4v) is 7.07. The summed E-state index contributed by atoms with van der Waals surface area (Å²) in [6.07, 6.45) is 28.5. The summed E-state index contributed by atoms with van der Waals surface area (Å²) in [5.41, 5.74) is 0.864. The number of aliphatic hydroxyl groups is 2. The third-order valence-corrected chi connectivity index (χ3v) is 9.73. The van der Waals surface area contributed by atoms with Gasteiger partial charge >= 0.3 is 5.97 Å². The molecule has 244 valence electrons. The van der Waals surface area contributed by atoms with Gasteiger partial charge in [-0.3, -0.25) is 0 Å². The van der Waals surface area contributed by atoms with Crippen LogP contribution in [0.15, 0.2) is 11.6 Å². The average Bonchev–Trinajstić information content (AvgIpc) is 3.73. The van der Waals surface area contributed by atoms with Crippen molar-refractivity contribution in [2.24, 2.45) is 0 Å². The van der Waals surface area contributed by atoms with Gasteiger partial charge in [-0.05, 0) is 64.4 Å². The fraction of sp³-hybridized carbons (Fsp3) is 0.917. The zero-order valence-corrected chi connectivity index (χ0v) is 27.1. The number of aliphatic hydroxyl groups excluding tert-OH is 2. The van der Waals surface area contributed by atoms with Gasteiger partial charge in [0.15, 0.2) is 0 Å². The molecule has 2 fully saturated rings. The largest absolute Gasteiger partial charge is 0.455 e. The number of unbranched alkanes of at least 4 members (excludes halogenated alkanes) is 15. The Morgan fingerprint density at radius 2 is 1.10 bits per heavy atom. The van der Waals surface area contributed by atoms with E-state index in [9.17, 15) is 15.0 Å². The Kier molecular flexibility index (Phi) is 17.7. The first kappa shape index (κ1) is 35.5. The minimum Gasteiger partial charge on any atom is -0.455 e. The molecule has 3 rings (SSSR count). The van der Waals surface area contributed by atoms with Gasteiger partial charge in [-0.15, -0.1) is 0 Å². The molecule has 42 heavy (non-hydrogen) atoms. The molecule has 6 heteroatoms. The molecule has 0 aromatic heterocycles. The third-order valence-electron chi connectivity index (χ3n) is 9.73. The van der Waals surface area contributed by atoms with Gasteiger partial charge in [-0.2, -0.15) is 0 Å². The Morgan fingerprint density at radius 1 is 0.667 bits per heavy atom. The van der Waals surface area contributed by atoms with Crippen LogP contribution in [0.2, 0.25) is 0 Å². The third kappa shape index (κ3) is 13.4. The highest BCUT2D eigenvalue weighted by Crippen LogP contribution is 2.34. The predicted octanol–water partition coefficient (Wildman–Crippen LogP) is 8.50. The predicted molar refractivity (Wildman–Crippen MR) is 169 cm³/mol. The number of hydrogen-bond donors (Lipinski definition) is 2. The number of rotatable bonds is 24. The van der Waals surface area contributed by atoms with Crippen LogP contribution in [0.25, 0.3) is 0 Å². The van der Waals surface area contributed by atoms with Crippen LogP contribution in [0, 0.1) is 0 Å². The van der Waals surface area contributed by atoms with Crippen LogP contribution < -0.4 is 0 Å². The van der Waals surface area contributed by atoms with Gasteiger partial charge in [-0.25, -0.2) is 4.79 Å². The molecule has 0 bridgehead atoms. The molecule has 3 aliphatic heterocycles. The molecule has 0 aromatic carbocycles. The van der Waals surface area contributed by atoms with Crippen molar-refractivity contribution in [3.63, 3.8) is 0 Å². The van der Waals surface area contributed by atoms with Crippen molar-refractivity contribution in [2.75, 3.05) is 0 Å². The zero-order valence-electron chi connectivity index (χ0n) is 27.1. The summed E-state index contributed by atoms with van der Waals surface area (Å²) in [7, 11) is 0. The van der Waals surface area contributed by atoms with Crippen molar-refractivity contribution >= 4 is 5.97 Å². The maximum Gasteiger partial charge on any atom is 0.334 e. The lowest BCUT2D eigenvalue weighted by Gasteiger charge is -2.24. The molecule has 0 saturated carbocycles. The molecule has 0 unspecified atom stereocenters. The van der Waals surface area contributed by atoms with E-state index in [0.29, 0.717) is 0 Å². The van der Waals surface area contributed by atoms with Crippen LogP contribution in [-0.2, 0) is 19.0 Å². The molecular formula is C36H64O6. The van der Waals surface area contributed by atoms with Gasteiger partial charge in [0, 0.05) is 5.57 Å². The smallest absolute Gasteiger partial charge is 0.334 e. The van der Waals surface area contributed by atoms with Crippen molar-refractivity contribution in [1.29, 1.82) is 0 Å². The average molecular weight is 593 g/mol. The SMILES string of the molecule is CCCCCCCCCC[C@H](O)[C@H]1CC[C@H]([C@H]2CC[C@H]([C@H](O)CCCCCCCCCCCC3=C[C@H](C)OC3=O)O2)O1. The number of carbonyl (C=O) groups is 1. The van der Waals surface area contributed by atoms with Crippen LogP contribution in [-0.4, -0.2) is 58.9 Å². The standard InChI is InChI=1S/C36H64O6/c1-3-4-5-6-7-12-15-18-21-30(37)32-23-25-34(41-32)35-26-24-33(42-35)31(38)22-19-16-13-10-8-9-11-14-17-20-29-27-28(2)40-36(29)39/h27-28,30-35,37-38H,3-26H2,1-2H3/t28-,30-,31+,32+,33+,34+,35+/m0/s1. The maximum atomic E-state index is 11.6. The summed E-state index contributed by atoms with van der Waals surface area (Å²) in [4.78, 5) is 11.6. The lowest BCUT2D eigenvalue weighted by atomic mass is 10.0. The first-order chi connectivity index (χ1) is 20.5. The van der Waals surface area contributed by atoms with Gasteiger partial charge in [0.05, 0.1) is 36.6 Å². The van der Waals surface area contributed by atoms with Crippen molar-refractivity contribution < 1.29 is 29.2 Å². The molecule has 2 saturated heterocycles. The second-order valence-corrected chi connectivity index (χ2v) is 13.5. The highest BCUT2D eigenvalue weighted by atomic mass is 16.6. The van der Waals surface area contributed by atoms with E-state index in [1.165, 1.54) is 89.9 Å². The number of ether oxygens (including phenoxy) is 3. The Bertz CT molecular complexity index is 753. The second-order valence-electron chi connectivity index (χ2n) is 13.5. The molecule has 0 amide bonds. The van der Waals surface area contributed by atoms with Crippen LogP contribution in [0.1, 0.15) is 168 Å². The topological polar surface area (TPSA) is 85.2 Å². The lowest BCUT2D eigenvalue weighted by Crippen LogP contribution is -2.33. The first-order valence-electron chi connectivity index (χ1n) is 18.1. The van der Waals surface area contributed by atoms with E-state index in [2.05, 4.69) is 6.92 Å². The van der Waals surface area contributed by atoms with Gasteiger partial charge in [0.25, 0.3) is 0 Å². The van der Waals surface area contributed by atoms with Crippen molar-refractivity contribution in [1.82, 2.24) is 0 Å². The summed E-state index contributed by atoms with van der Waals surface area (Å²) < 4.78 is 17.7. The van der Waals surface area contributed by atoms with Crippen molar-refractivity contribution in [3.05, 3.63) is 11.6 Å². The van der Waals surface area contributed by atoms with Crippen molar-refractivity contribution in [3.8, 4) is 0 Å². The quantitative estimate of drug-likeness (QED) is 0.0863. The molecule has 0 aromatic rings. The minimum absolute atomic E-state index is 0.0496. The second kappa shape index (κ2) is 20.9. The van der Waals surface area contributed by atoms with E-state index in [1.807, 2.05) is 13.0 Å². The van der Waals surface area contributed by atoms with E-state index in [0.717, 1.165) is 69.8 Å². The molecule has 2 N–H and O–H groups in total. The summed E-state index contributed by atoms with van der Waals surface area (Å²) in [5, 5.41) is 21.4.